The number of hydrogen-bond donors (Lipinski definition) is 2. The smallest absolute Gasteiger partial charge is 0.408 e. The highest BCUT2D eigenvalue weighted by atomic mass is 35.5. The normalized spacial score (nSPS) is 12.6. The van der Waals surface area contributed by atoms with Crippen LogP contribution in [-0.2, 0) is 16.0 Å². The van der Waals surface area contributed by atoms with Crippen LogP contribution >= 0.6 is 11.6 Å². The largest absolute Gasteiger partial charge is 0.444 e. The number of primary amides is 1. The van der Waals surface area contributed by atoms with Crippen molar-refractivity contribution >= 4 is 23.6 Å². The molecular formula is C14H19ClN2O3. The van der Waals surface area contributed by atoms with E-state index in [9.17, 15) is 9.59 Å². The summed E-state index contributed by atoms with van der Waals surface area (Å²) in [6, 6.07) is 6.14. The Morgan fingerprint density at radius 3 is 2.30 bits per heavy atom. The quantitative estimate of drug-likeness (QED) is 0.894. The van der Waals surface area contributed by atoms with Crippen LogP contribution in [0.25, 0.3) is 0 Å². The van der Waals surface area contributed by atoms with Gasteiger partial charge in [0.15, 0.2) is 0 Å². The first-order chi connectivity index (χ1) is 9.17. The molecule has 5 nitrogen and oxygen atoms in total. The van der Waals surface area contributed by atoms with E-state index < -0.39 is 23.6 Å². The van der Waals surface area contributed by atoms with E-state index in [4.69, 9.17) is 22.1 Å². The molecule has 1 atom stereocenters. The standard InChI is InChI=1S/C14H19ClN2O3/c1-14(2,3)20-13(19)17-11(12(16)18)8-9-4-6-10(15)7-5-9/h4-7,11H,8H2,1-3H3,(H2,16,18)(H,17,19)/t11-/m0/s1. The average molecular weight is 299 g/mol. The summed E-state index contributed by atoms with van der Waals surface area (Å²) in [5, 5.41) is 3.07. The molecular weight excluding hydrogens is 280 g/mol. The summed E-state index contributed by atoms with van der Waals surface area (Å²) in [6.07, 6.45) is -0.388. The molecule has 0 spiro atoms. The molecule has 3 N–H and O–H groups in total. The van der Waals surface area contributed by atoms with Crippen molar-refractivity contribution in [2.45, 2.75) is 38.8 Å². The predicted octanol–water partition coefficient (Wildman–Crippen LogP) is 2.26. The topological polar surface area (TPSA) is 81.4 Å². The van der Waals surface area contributed by atoms with Gasteiger partial charge in [0.2, 0.25) is 5.91 Å². The second kappa shape index (κ2) is 6.61. The van der Waals surface area contributed by atoms with Gasteiger partial charge in [-0.05, 0) is 38.5 Å². The molecule has 1 aromatic rings. The highest BCUT2D eigenvalue weighted by molar-refractivity contribution is 6.30. The molecule has 0 saturated heterocycles. The van der Waals surface area contributed by atoms with Crippen molar-refractivity contribution in [2.75, 3.05) is 0 Å². The molecule has 0 unspecified atom stereocenters. The SMILES string of the molecule is CC(C)(C)OC(=O)N[C@@H](Cc1ccc(Cl)cc1)C(N)=O. The molecule has 20 heavy (non-hydrogen) atoms. The molecule has 0 aliphatic carbocycles. The third kappa shape index (κ3) is 5.93. The first kappa shape index (κ1) is 16.3. The van der Waals surface area contributed by atoms with Crippen LogP contribution in [0.4, 0.5) is 4.79 Å². The summed E-state index contributed by atoms with van der Waals surface area (Å²) in [6.45, 7) is 5.22. The molecule has 6 heteroatoms. The lowest BCUT2D eigenvalue weighted by atomic mass is 10.1. The average Bonchev–Trinajstić information content (AvgIpc) is 2.28. The van der Waals surface area contributed by atoms with Crippen molar-refractivity contribution in [3.63, 3.8) is 0 Å². The van der Waals surface area contributed by atoms with Gasteiger partial charge in [-0.15, -0.1) is 0 Å². The van der Waals surface area contributed by atoms with Gasteiger partial charge in [-0.2, -0.15) is 0 Å². The van der Waals surface area contributed by atoms with Crippen LogP contribution in [0, 0.1) is 0 Å². The van der Waals surface area contributed by atoms with Gasteiger partial charge in [-0.3, -0.25) is 4.79 Å². The highest BCUT2D eigenvalue weighted by Crippen LogP contribution is 2.12. The molecule has 2 amide bonds. The Balaban J connectivity index is 2.68. The molecule has 0 radical (unpaired) electrons. The van der Waals surface area contributed by atoms with Gasteiger partial charge in [0.25, 0.3) is 0 Å². The van der Waals surface area contributed by atoms with Gasteiger partial charge in [-0.1, -0.05) is 23.7 Å². The maximum Gasteiger partial charge on any atom is 0.408 e. The van der Waals surface area contributed by atoms with E-state index in [0.717, 1.165) is 5.56 Å². The van der Waals surface area contributed by atoms with E-state index >= 15 is 0 Å². The Hall–Kier alpha value is -1.75. The van der Waals surface area contributed by atoms with Gasteiger partial charge in [0.05, 0.1) is 0 Å². The van der Waals surface area contributed by atoms with E-state index in [1.54, 1.807) is 45.0 Å². The maximum absolute atomic E-state index is 11.7. The monoisotopic (exact) mass is 298 g/mol. The Morgan fingerprint density at radius 1 is 1.30 bits per heavy atom. The molecule has 0 aliphatic heterocycles. The molecule has 110 valence electrons. The zero-order valence-corrected chi connectivity index (χ0v) is 12.5. The number of hydrogen-bond acceptors (Lipinski definition) is 3. The van der Waals surface area contributed by atoms with E-state index in [2.05, 4.69) is 5.32 Å². The van der Waals surface area contributed by atoms with Gasteiger partial charge in [-0.25, -0.2) is 4.79 Å². The molecule has 1 aromatic carbocycles. The van der Waals surface area contributed by atoms with Crippen molar-refractivity contribution in [3.8, 4) is 0 Å². The first-order valence-corrected chi connectivity index (χ1v) is 6.58. The van der Waals surface area contributed by atoms with Gasteiger partial charge in [0, 0.05) is 11.4 Å². The number of rotatable bonds is 4. The van der Waals surface area contributed by atoms with Gasteiger partial charge >= 0.3 is 6.09 Å². The van der Waals surface area contributed by atoms with Gasteiger partial charge in [0.1, 0.15) is 11.6 Å². The minimum atomic E-state index is -0.828. The molecule has 0 saturated carbocycles. The fourth-order valence-corrected chi connectivity index (χ4v) is 1.65. The Bertz CT molecular complexity index is 480. The zero-order chi connectivity index (χ0) is 15.3. The first-order valence-electron chi connectivity index (χ1n) is 6.20. The minimum Gasteiger partial charge on any atom is -0.444 e. The van der Waals surface area contributed by atoms with Crippen molar-refractivity contribution in [1.29, 1.82) is 0 Å². The van der Waals surface area contributed by atoms with Crippen molar-refractivity contribution in [1.82, 2.24) is 5.32 Å². The molecule has 0 heterocycles. The summed E-state index contributed by atoms with van der Waals surface area (Å²) in [5.41, 5.74) is 5.50. The van der Waals surface area contributed by atoms with Crippen molar-refractivity contribution < 1.29 is 14.3 Å². The lowest BCUT2D eigenvalue weighted by Crippen LogP contribution is -2.47. The van der Waals surface area contributed by atoms with Gasteiger partial charge < -0.3 is 15.8 Å². The fraction of sp³-hybridized carbons (Fsp3) is 0.429. The molecule has 1 rings (SSSR count). The minimum absolute atomic E-state index is 0.283. The summed E-state index contributed by atoms with van der Waals surface area (Å²) in [7, 11) is 0. The van der Waals surface area contributed by atoms with Crippen LogP contribution in [0.15, 0.2) is 24.3 Å². The zero-order valence-electron chi connectivity index (χ0n) is 11.8. The Morgan fingerprint density at radius 2 is 1.85 bits per heavy atom. The predicted molar refractivity (Wildman–Crippen MR) is 77.5 cm³/mol. The lowest BCUT2D eigenvalue weighted by Gasteiger charge is -2.22. The van der Waals surface area contributed by atoms with E-state index in [-0.39, 0.29) is 6.42 Å². The summed E-state index contributed by atoms with van der Waals surface area (Å²) in [4.78, 5) is 23.1. The number of amides is 2. The second-order valence-electron chi connectivity index (χ2n) is 5.43. The maximum atomic E-state index is 11.7. The molecule has 0 aliphatic rings. The lowest BCUT2D eigenvalue weighted by molar-refractivity contribution is -0.120. The molecule has 0 fully saturated rings. The number of nitrogens with one attached hydrogen (secondary N) is 1. The summed E-state index contributed by atoms with van der Waals surface area (Å²) >= 11 is 5.79. The van der Waals surface area contributed by atoms with Crippen molar-refractivity contribution in [3.05, 3.63) is 34.9 Å². The van der Waals surface area contributed by atoms with E-state index in [1.807, 2.05) is 0 Å². The number of alkyl carbamates (subject to hydrolysis) is 1. The van der Waals surface area contributed by atoms with Crippen LogP contribution in [0.1, 0.15) is 26.3 Å². The second-order valence-corrected chi connectivity index (χ2v) is 5.87. The highest BCUT2D eigenvalue weighted by Gasteiger charge is 2.22. The Kier molecular flexibility index (Phi) is 5.39. The number of nitrogens with two attached hydrogens (primary N) is 1. The Labute approximate surface area is 123 Å². The fourth-order valence-electron chi connectivity index (χ4n) is 1.53. The van der Waals surface area contributed by atoms with E-state index in [1.165, 1.54) is 0 Å². The van der Waals surface area contributed by atoms with Crippen LogP contribution in [-0.4, -0.2) is 23.6 Å². The van der Waals surface area contributed by atoms with Crippen molar-refractivity contribution in [2.24, 2.45) is 5.73 Å². The number of benzene rings is 1. The van der Waals surface area contributed by atoms with Crippen LogP contribution in [0.3, 0.4) is 0 Å². The number of carbonyl (C=O) groups excluding carboxylic acids is 2. The summed E-state index contributed by atoms with van der Waals surface area (Å²) in [5.74, 6) is -0.620. The third-order valence-electron chi connectivity index (χ3n) is 2.39. The number of ether oxygens (including phenoxy) is 1. The van der Waals surface area contributed by atoms with Crippen LogP contribution in [0.5, 0.6) is 0 Å². The number of carbonyl (C=O) groups is 2. The third-order valence-corrected chi connectivity index (χ3v) is 2.64. The van der Waals surface area contributed by atoms with Crippen LogP contribution in [0.2, 0.25) is 5.02 Å². The van der Waals surface area contributed by atoms with Crippen LogP contribution < -0.4 is 11.1 Å². The number of halogens is 1. The molecule has 0 aromatic heterocycles. The van der Waals surface area contributed by atoms with E-state index in [0.29, 0.717) is 5.02 Å². The summed E-state index contributed by atoms with van der Waals surface area (Å²) < 4.78 is 5.10. The molecule has 0 bridgehead atoms.